The van der Waals surface area contributed by atoms with E-state index in [4.69, 9.17) is 11.0 Å². The van der Waals surface area contributed by atoms with Crippen LogP contribution in [0.2, 0.25) is 0 Å². The summed E-state index contributed by atoms with van der Waals surface area (Å²) < 4.78 is 0. The van der Waals surface area contributed by atoms with Crippen LogP contribution in [0.15, 0.2) is 18.2 Å². The molecule has 1 rings (SSSR count). The molecule has 3 N–H and O–H groups in total. The van der Waals surface area contributed by atoms with E-state index in [0.717, 1.165) is 11.3 Å². The molecule has 5 nitrogen and oxygen atoms in total. The number of aryl methyl sites for hydroxylation is 1. The molecule has 0 saturated carbocycles. The summed E-state index contributed by atoms with van der Waals surface area (Å²) in [5.41, 5.74) is 8.09. The smallest absolute Gasteiger partial charge is 0.225 e. The second kappa shape index (κ2) is 7.39. The first-order valence-corrected chi connectivity index (χ1v) is 6.24. The van der Waals surface area contributed by atoms with E-state index >= 15 is 0 Å². The fraction of sp³-hybridized carbons (Fsp3) is 0.429. The predicted octanol–water partition coefficient (Wildman–Crippen LogP) is 1.75. The van der Waals surface area contributed by atoms with Crippen molar-refractivity contribution in [2.24, 2.45) is 0 Å². The Balaban J connectivity index is 2.41. The van der Waals surface area contributed by atoms with Crippen LogP contribution in [0.5, 0.6) is 0 Å². The van der Waals surface area contributed by atoms with Crippen LogP contribution in [0.3, 0.4) is 0 Å². The zero-order valence-corrected chi connectivity index (χ0v) is 11.4. The average Bonchev–Trinajstić information content (AvgIpc) is 2.37. The quantitative estimate of drug-likeness (QED) is 0.763. The third-order valence-electron chi connectivity index (χ3n) is 2.85. The van der Waals surface area contributed by atoms with Gasteiger partial charge in [0.15, 0.2) is 0 Å². The average molecular weight is 260 g/mol. The van der Waals surface area contributed by atoms with Crippen molar-refractivity contribution in [3.63, 3.8) is 0 Å². The normalized spacial score (nSPS) is 10.2. The molecule has 0 radical (unpaired) electrons. The predicted molar refractivity (Wildman–Crippen MR) is 76.6 cm³/mol. The zero-order chi connectivity index (χ0) is 14.3. The van der Waals surface area contributed by atoms with Gasteiger partial charge in [-0.25, -0.2) is 0 Å². The Morgan fingerprint density at radius 1 is 1.47 bits per heavy atom. The van der Waals surface area contributed by atoms with Gasteiger partial charge in [0, 0.05) is 37.3 Å². The third kappa shape index (κ3) is 5.40. The first-order chi connectivity index (χ1) is 9.02. The third-order valence-corrected chi connectivity index (χ3v) is 2.85. The lowest BCUT2D eigenvalue weighted by atomic mass is 10.2. The maximum atomic E-state index is 11.8. The SMILES string of the molecule is Cc1cc(N)ccc1NC(=O)CCN(C)CCC#N. The van der Waals surface area contributed by atoms with Gasteiger partial charge in [0.05, 0.1) is 6.07 Å². The molecule has 102 valence electrons. The highest BCUT2D eigenvalue weighted by Crippen LogP contribution is 2.17. The monoisotopic (exact) mass is 260 g/mol. The molecule has 19 heavy (non-hydrogen) atoms. The number of rotatable bonds is 6. The van der Waals surface area contributed by atoms with Gasteiger partial charge in [-0.15, -0.1) is 0 Å². The number of nitriles is 1. The van der Waals surface area contributed by atoms with Crippen molar-refractivity contribution >= 4 is 17.3 Å². The highest BCUT2D eigenvalue weighted by molar-refractivity contribution is 5.91. The minimum Gasteiger partial charge on any atom is -0.399 e. The molecule has 0 aliphatic rings. The Morgan fingerprint density at radius 3 is 2.84 bits per heavy atom. The molecule has 1 aromatic rings. The molecule has 5 heteroatoms. The van der Waals surface area contributed by atoms with Gasteiger partial charge < -0.3 is 16.0 Å². The Hall–Kier alpha value is -2.06. The molecule has 0 spiro atoms. The molecular formula is C14H20N4O. The van der Waals surface area contributed by atoms with Crippen molar-refractivity contribution in [2.75, 3.05) is 31.2 Å². The van der Waals surface area contributed by atoms with Crippen molar-refractivity contribution in [1.82, 2.24) is 4.90 Å². The number of amides is 1. The van der Waals surface area contributed by atoms with E-state index in [9.17, 15) is 4.79 Å². The number of anilines is 2. The number of nitrogens with one attached hydrogen (secondary N) is 1. The molecule has 1 amide bonds. The molecule has 0 unspecified atom stereocenters. The van der Waals surface area contributed by atoms with Gasteiger partial charge >= 0.3 is 0 Å². The summed E-state index contributed by atoms with van der Waals surface area (Å²) in [6.07, 6.45) is 0.890. The highest BCUT2D eigenvalue weighted by atomic mass is 16.1. The van der Waals surface area contributed by atoms with Crippen LogP contribution in [-0.4, -0.2) is 30.9 Å². The van der Waals surface area contributed by atoms with Gasteiger partial charge in [0.25, 0.3) is 0 Å². The summed E-state index contributed by atoms with van der Waals surface area (Å²) in [5.74, 6) is -0.0309. The van der Waals surface area contributed by atoms with Crippen LogP contribution in [0.25, 0.3) is 0 Å². The number of benzene rings is 1. The Kier molecular flexibility index (Phi) is 5.83. The van der Waals surface area contributed by atoms with Crippen LogP contribution in [0.4, 0.5) is 11.4 Å². The molecule has 0 aromatic heterocycles. The second-order valence-corrected chi connectivity index (χ2v) is 4.58. The first kappa shape index (κ1) is 15.0. The van der Waals surface area contributed by atoms with Crippen molar-refractivity contribution < 1.29 is 4.79 Å². The summed E-state index contributed by atoms with van der Waals surface area (Å²) in [6.45, 7) is 3.23. The van der Waals surface area contributed by atoms with Crippen molar-refractivity contribution in [3.05, 3.63) is 23.8 Å². The lowest BCUT2D eigenvalue weighted by molar-refractivity contribution is -0.116. The van der Waals surface area contributed by atoms with Crippen LogP contribution in [-0.2, 0) is 4.79 Å². The molecule has 0 saturated heterocycles. The van der Waals surface area contributed by atoms with Crippen molar-refractivity contribution in [2.45, 2.75) is 19.8 Å². The largest absolute Gasteiger partial charge is 0.399 e. The fourth-order valence-corrected chi connectivity index (χ4v) is 1.68. The molecule has 0 fully saturated rings. The molecule has 0 heterocycles. The summed E-state index contributed by atoms with van der Waals surface area (Å²) in [6, 6.07) is 7.49. The summed E-state index contributed by atoms with van der Waals surface area (Å²) in [7, 11) is 1.90. The summed E-state index contributed by atoms with van der Waals surface area (Å²) in [4.78, 5) is 13.8. The second-order valence-electron chi connectivity index (χ2n) is 4.58. The fourth-order valence-electron chi connectivity index (χ4n) is 1.68. The van der Waals surface area contributed by atoms with Crippen LogP contribution < -0.4 is 11.1 Å². The standard InChI is InChI=1S/C14H20N4O/c1-11-10-12(16)4-5-13(11)17-14(19)6-9-18(2)8-3-7-15/h4-5,10H,3,6,8-9,16H2,1-2H3,(H,17,19). The number of nitrogen functional groups attached to an aromatic ring is 1. The molecule has 0 aliphatic heterocycles. The highest BCUT2D eigenvalue weighted by Gasteiger charge is 2.06. The topological polar surface area (TPSA) is 82.2 Å². The lowest BCUT2D eigenvalue weighted by Gasteiger charge is -2.15. The molecular weight excluding hydrogens is 240 g/mol. The number of carbonyl (C=O) groups excluding carboxylic acids is 1. The van der Waals surface area contributed by atoms with Gasteiger partial charge in [-0.2, -0.15) is 5.26 Å². The minimum absolute atomic E-state index is 0.0309. The van der Waals surface area contributed by atoms with Crippen LogP contribution in [0.1, 0.15) is 18.4 Å². The number of nitrogens with two attached hydrogens (primary N) is 1. The lowest BCUT2D eigenvalue weighted by Crippen LogP contribution is -2.25. The van der Waals surface area contributed by atoms with Crippen LogP contribution >= 0.6 is 0 Å². The van der Waals surface area contributed by atoms with E-state index in [1.165, 1.54) is 0 Å². The van der Waals surface area contributed by atoms with Gasteiger partial charge in [-0.3, -0.25) is 4.79 Å². The zero-order valence-electron chi connectivity index (χ0n) is 11.4. The van der Waals surface area contributed by atoms with Crippen LogP contribution in [0, 0.1) is 18.3 Å². The van der Waals surface area contributed by atoms with E-state index in [2.05, 4.69) is 11.4 Å². The maximum absolute atomic E-state index is 11.8. The van der Waals surface area contributed by atoms with Crippen molar-refractivity contribution in [3.8, 4) is 6.07 Å². The Labute approximate surface area is 114 Å². The van der Waals surface area contributed by atoms with E-state index in [1.807, 2.05) is 31.0 Å². The number of hydrogen-bond donors (Lipinski definition) is 2. The summed E-state index contributed by atoms with van der Waals surface area (Å²) >= 11 is 0. The Morgan fingerprint density at radius 2 is 2.21 bits per heavy atom. The molecule has 0 bridgehead atoms. The van der Waals surface area contributed by atoms with Gasteiger partial charge in [0.2, 0.25) is 5.91 Å². The van der Waals surface area contributed by atoms with E-state index in [1.54, 1.807) is 6.07 Å². The van der Waals surface area contributed by atoms with E-state index in [-0.39, 0.29) is 5.91 Å². The van der Waals surface area contributed by atoms with Crippen molar-refractivity contribution in [1.29, 1.82) is 5.26 Å². The van der Waals surface area contributed by atoms with E-state index in [0.29, 0.717) is 31.6 Å². The molecule has 0 atom stereocenters. The number of carbonyl (C=O) groups is 1. The number of hydrogen-bond acceptors (Lipinski definition) is 4. The summed E-state index contributed by atoms with van der Waals surface area (Å²) in [5, 5.41) is 11.3. The number of nitrogens with zero attached hydrogens (tertiary/aromatic N) is 2. The minimum atomic E-state index is -0.0309. The van der Waals surface area contributed by atoms with E-state index < -0.39 is 0 Å². The van der Waals surface area contributed by atoms with Gasteiger partial charge in [-0.1, -0.05) is 0 Å². The van der Waals surface area contributed by atoms with Gasteiger partial charge in [0.1, 0.15) is 0 Å². The first-order valence-electron chi connectivity index (χ1n) is 6.24. The van der Waals surface area contributed by atoms with Gasteiger partial charge in [-0.05, 0) is 37.7 Å². The Bertz CT molecular complexity index is 479. The molecule has 1 aromatic carbocycles. The molecule has 0 aliphatic carbocycles. The maximum Gasteiger partial charge on any atom is 0.225 e.